The molecule has 1 aromatic carbocycles. The molecule has 0 aliphatic carbocycles. The maximum absolute atomic E-state index is 12.0. The van der Waals surface area contributed by atoms with Gasteiger partial charge < -0.3 is 26.3 Å². The smallest absolute Gasteiger partial charge is 0.305 e. The van der Waals surface area contributed by atoms with Gasteiger partial charge in [-0.2, -0.15) is 5.10 Å². The highest BCUT2D eigenvalue weighted by atomic mass is 16.5. The first-order chi connectivity index (χ1) is 12.3. The quantitative estimate of drug-likeness (QED) is 0.273. The van der Waals surface area contributed by atoms with Gasteiger partial charge in [-0.3, -0.25) is 14.4 Å². The first-order valence-electron chi connectivity index (χ1n) is 8.02. The van der Waals surface area contributed by atoms with Crippen molar-refractivity contribution < 1.29 is 24.2 Å². The average molecular weight is 364 g/mol. The number of methoxy groups -OCH3 is 1. The lowest BCUT2D eigenvalue weighted by Gasteiger charge is -2.22. The monoisotopic (exact) mass is 364 g/mol. The highest BCUT2D eigenvalue weighted by Gasteiger charge is 2.22. The number of carboxylic acids is 1. The lowest BCUT2D eigenvalue weighted by molar-refractivity contribution is -0.139. The number of nitrogens with one attached hydrogen (secondary N) is 2. The second kappa shape index (κ2) is 10.8. The van der Waals surface area contributed by atoms with Gasteiger partial charge in [-0.05, 0) is 24.6 Å². The Bertz CT molecular complexity index is 645. The summed E-state index contributed by atoms with van der Waals surface area (Å²) in [6.45, 7) is 1.67. The number of nitrogens with zero attached hydrogens (tertiary/aromatic N) is 1. The molecule has 0 radical (unpaired) electrons. The average Bonchev–Trinajstić information content (AvgIpc) is 2.60. The van der Waals surface area contributed by atoms with E-state index < -0.39 is 24.0 Å². The molecule has 0 aromatic heterocycles. The molecule has 0 fully saturated rings. The summed E-state index contributed by atoms with van der Waals surface area (Å²) < 4.78 is 5.07. The van der Waals surface area contributed by atoms with E-state index >= 15 is 0 Å². The predicted molar refractivity (Wildman–Crippen MR) is 96.7 cm³/mol. The highest BCUT2D eigenvalue weighted by Crippen LogP contribution is 2.09. The third kappa shape index (κ3) is 7.75. The molecule has 9 heteroatoms. The van der Waals surface area contributed by atoms with Gasteiger partial charge in [0, 0.05) is 25.6 Å². The van der Waals surface area contributed by atoms with E-state index in [0.717, 1.165) is 5.56 Å². The fourth-order valence-corrected chi connectivity index (χ4v) is 2.15. The van der Waals surface area contributed by atoms with Crippen molar-refractivity contribution in [1.82, 2.24) is 5.32 Å². The fourth-order valence-electron chi connectivity index (χ4n) is 2.15. The third-order valence-corrected chi connectivity index (χ3v) is 3.68. The van der Waals surface area contributed by atoms with Gasteiger partial charge in [0.15, 0.2) is 0 Å². The van der Waals surface area contributed by atoms with Crippen LogP contribution in [0.3, 0.4) is 0 Å². The van der Waals surface area contributed by atoms with Crippen molar-refractivity contribution >= 4 is 29.7 Å². The van der Waals surface area contributed by atoms with Crippen LogP contribution in [0, 0.1) is 0 Å². The zero-order valence-corrected chi connectivity index (χ0v) is 14.8. The Morgan fingerprint density at radius 3 is 2.38 bits per heavy atom. The van der Waals surface area contributed by atoms with Crippen LogP contribution >= 0.6 is 0 Å². The number of hydrogen-bond acceptors (Lipinski definition) is 6. The number of carbonyl (C=O) groups excluding carboxylic acids is 2. The fraction of sp³-hybridized carbons (Fsp3) is 0.412. The summed E-state index contributed by atoms with van der Waals surface area (Å²) in [6, 6.07) is 6.20. The summed E-state index contributed by atoms with van der Waals surface area (Å²) in [4.78, 5) is 34.7. The second-order valence-corrected chi connectivity index (χ2v) is 5.66. The molecule has 1 rings (SSSR count). The first kappa shape index (κ1) is 21.1. The van der Waals surface area contributed by atoms with Crippen LogP contribution in [0.15, 0.2) is 29.4 Å². The molecule has 0 heterocycles. The number of benzene rings is 1. The molecule has 0 bridgehead atoms. The summed E-state index contributed by atoms with van der Waals surface area (Å²) in [6.07, 6.45) is 0.671. The third-order valence-electron chi connectivity index (χ3n) is 3.68. The molecule has 0 saturated heterocycles. The first-order valence-corrected chi connectivity index (χ1v) is 8.02. The SMILES string of the molecule is COC(C)C(CC(=O)O)NC(=O)CCC(=O)Nc1ccc(C=NN)cc1. The molecule has 0 saturated carbocycles. The van der Waals surface area contributed by atoms with E-state index in [4.69, 9.17) is 15.7 Å². The zero-order chi connectivity index (χ0) is 19.5. The topological polar surface area (TPSA) is 143 Å². The second-order valence-electron chi connectivity index (χ2n) is 5.66. The number of amides is 2. The van der Waals surface area contributed by atoms with Crippen molar-refractivity contribution in [2.24, 2.45) is 10.9 Å². The molecule has 2 atom stereocenters. The predicted octanol–water partition coefficient (Wildman–Crippen LogP) is 0.692. The van der Waals surface area contributed by atoms with Gasteiger partial charge >= 0.3 is 5.97 Å². The van der Waals surface area contributed by atoms with Crippen LogP contribution in [-0.4, -0.2) is 48.4 Å². The van der Waals surface area contributed by atoms with E-state index in [2.05, 4.69) is 15.7 Å². The summed E-state index contributed by atoms with van der Waals surface area (Å²) in [5, 5.41) is 17.6. The zero-order valence-electron chi connectivity index (χ0n) is 14.8. The lowest BCUT2D eigenvalue weighted by atomic mass is 10.1. The Labute approximate surface area is 151 Å². The van der Waals surface area contributed by atoms with Crippen molar-refractivity contribution in [2.45, 2.75) is 38.3 Å². The standard InChI is InChI=1S/C17H24N4O5/c1-11(26-2)14(9-17(24)25)21-16(23)8-7-15(22)20-13-5-3-12(4-6-13)10-19-18/h3-6,10-11,14H,7-9,18H2,1-2H3,(H,20,22)(H,21,23)(H,24,25). The largest absolute Gasteiger partial charge is 0.481 e. The number of nitrogens with two attached hydrogens (primary N) is 1. The van der Waals surface area contributed by atoms with E-state index in [1.54, 1.807) is 31.2 Å². The number of carboxylic acid groups (broad SMARTS) is 1. The van der Waals surface area contributed by atoms with Crippen molar-refractivity contribution in [2.75, 3.05) is 12.4 Å². The van der Waals surface area contributed by atoms with Crippen LogP contribution in [0.4, 0.5) is 5.69 Å². The van der Waals surface area contributed by atoms with Gasteiger partial charge in [0.25, 0.3) is 0 Å². The number of aliphatic carboxylic acids is 1. The molecule has 142 valence electrons. The molecule has 0 spiro atoms. The van der Waals surface area contributed by atoms with Crippen molar-refractivity contribution in [3.05, 3.63) is 29.8 Å². The van der Waals surface area contributed by atoms with E-state index in [-0.39, 0.29) is 25.2 Å². The molecule has 9 nitrogen and oxygen atoms in total. The minimum Gasteiger partial charge on any atom is -0.481 e. The van der Waals surface area contributed by atoms with Gasteiger partial charge in [-0.25, -0.2) is 0 Å². The van der Waals surface area contributed by atoms with Crippen molar-refractivity contribution in [1.29, 1.82) is 0 Å². The maximum atomic E-state index is 12.0. The Kier molecular flexibility index (Phi) is 8.79. The Balaban J connectivity index is 2.47. The normalized spacial score (nSPS) is 13.2. The Hall–Kier alpha value is -2.94. The van der Waals surface area contributed by atoms with Crippen molar-refractivity contribution in [3.63, 3.8) is 0 Å². The number of rotatable bonds is 10. The van der Waals surface area contributed by atoms with E-state index in [9.17, 15) is 14.4 Å². The van der Waals surface area contributed by atoms with Crippen molar-refractivity contribution in [3.8, 4) is 0 Å². The summed E-state index contributed by atoms with van der Waals surface area (Å²) in [7, 11) is 1.43. The molecule has 5 N–H and O–H groups in total. The number of hydrogen-bond donors (Lipinski definition) is 4. The van der Waals surface area contributed by atoms with Crippen LogP contribution < -0.4 is 16.5 Å². The molecule has 2 amide bonds. The molecule has 2 unspecified atom stereocenters. The molecule has 0 aliphatic rings. The van der Waals surface area contributed by atoms with Gasteiger partial charge in [-0.15, -0.1) is 0 Å². The summed E-state index contributed by atoms with van der Waals surface area (Å²) in [5.41, 5.74) is 1.38. The van der Waals surface area contributed by atoms with Gasteiger partial charge in [0.05, 0.1) is 24.8 Å². The molecule has 0 aliphatic heterocycles. The lowest BCUT2D eigenvalue weighted by Crippen LogP contribution is -2.44. The van der Waals surface area contributed by atoms with E-state index in [0.29, 0.717) is 5.69 Å². The Morgan fingerprint density at radius 2 is 1.85 bits per heavy atom. The van der Waals surface area contributed by atoms with Crippen LogP contribution in [-0.2, 0) is 19.1 Å². The number of ether oxygens (including phenoxy) is 1. The Morgan fingerprint density at radius 1 is 1.23 bits per heavy atom. The number of carbonyl (C=O) groups is 3. The molecular formula is C17H24N4O5. The highest BCUT2D eigenvalue weighted by molar-refractivity contribution is 5.93. The maximum Gasteiger partial charge on any atom is 0.305 e. The van der Waals surface area contributed by atoms with Gasteiger partial charge in [0.1, 0.15) is 0 Å². The van der Waals surface area contributed by atoms with E-state index in [1.807, 2.05) is 0 Å². The van der Waals surface area contributed by atoms with Gasteiger partial charge in [-0.1, -0.05) is 12.1 Å². The minimum absolute atomic E-state index is 0.0288. The van der Waals surface area contributed by atoms with Gasteiger partial charge in [0.2, 0.25) is 11.8 Å². The van der Waals surface area contributed by atoms with Crippen LogP contribution in [0.25, 0.3) is 0 Å². The van der Waals surface area contributed by atoms with Crippen LogP contribution in [0.5, 0.6) is 0 Å². The minimum atomic E-state index is -1.04. The molecule has 26 heavy (non-hydrogen) atoms. The number of anilines is 1. The molecule has 1 aromatic rings. The van der Waals surface area contributed by atoms with Crippen LogP contribution in [0.2, 0.25) is 0 Å². The summed E-state index contributed by atoms with van der Waals surface area (Å²) in [5.74, 6) is 3.28. The number of hydrazone groups is 1. The summed E-state index contributed by atoms with van der Waals surface area (Å²) >= 11 is 0. The van der Waals surface area contributed by atoms with E-state index in [1.165, 1.54) is 13.3 Å². The van der Waals surface area contributed by atoms with Crippen LogP contribution in [0.1, 0.15) is 31.7 Å². The molecular weight excluding hydrogens is 340 g/mol.